The van der Waals surface area contributed by atoms with Gasteiger partial charge in [0.05, 0.1) is 5.56 Å². The summed E-state index contributed by atoms with van der Waals surface area (Å²) in [5.74, 6) is -1.11. The maximum atomic E-state index is 11.6. The highest BCUT2D eigenvalue weighted by molar-refractivity contribution is 5.94. The molecule has 0 fully saturated rings. The van der Waals surface area contributed by atoms with Crippen LogP contribution in [-0.2, 0) is 35.5 Å². The van der Waals surface area contributed by atoms with E-state index in [1.165, 1.54) is 49.0 Å². The quantitative estimate of drug-likeness (QED) is 0.162. The second-order valence-electron chi connectivity index (χ2n) is 11.7. The number of amides is 3. The monoisotopic (exact) mass is 700 g/mol. The van der Waals surface area contributed by atoms with Crippen LogP contribution in [-0.4, -0.2) is 56.0 Å². The molecule has 0 aromatic heterocycles. The van der Waals surface area contributed by atoms with Crippen LogP contribution < -0.4 is 31.5 Å². The third-order valence-electron chi connectivity index (χ3n) is 8.17. The topological polar surface area (TPSA) is 157 Å². The summed E-state index contributed by atoms with van der Waals surface area (Å²) in [4.78, 5) is 49.4. The van der Waals surface area contributed by atoms with Gasteiger partial charge in [-0.25, -0.2) is 4.79 Å². The Balaban J connectivity index is 0.000000253. The molecule has 0 radical (unpaired) electrons. The maximum Gasteiger partial charge on any atom is 0.335 e. The van der Waals surface area contributed by atoms with E-state index in [0.717, 1.165) is 56.0 Å². The summed E-state index contributed by atoms with van der Waals surface area (Å²) in [7, 11) is 3.13. The van der Waals surface area contributed by atoms with Crippen LogP contribution in [0.4, 0.5) is 22.7 Å². The molecule has 6 N–H and O–H groups in total. The van der Waals surface area contributed by atoms with Crippen molar-refractivity contribution >= 4 is 58.8 Å². The van der Waals surface area contributed by atoms with E-state index in [1.807, 2.05) is 66.7 Å². The zero-order chi connectivity index (χ0) is 35.5. The Morgan fingerprint density at radius 2 is 1.06 bits per heavy atom. The highest BCUT2D eigenvalue weighted by Crippen LogP contribution is 2.33. The summed E-state index contributed by atoms with van der Waals surface area (Å²) >= 11 is 0. The van der Waals surface area contributed by atoms with Crippen LogP contribution >= 0.6 is 12.4 Å². The van der Waals surface area contributed by atoms with Crippen molar-refractivity contribution in [1.82, 2.24) is 5.32 Å². The van der Waals surface area contributed by atoms with E-state index >= 15 is 0 Å². The van der Waals surface area contributed by atoms with E-state index in [2.05, 4.69) is 37.6 Å². The normalized spacial score (nSPS) is 12.1. The predicted molar refractivity (Wildman–Crippen MR) is 202 cm³/mol. The zero-order valence-corrected chi connectivity index (χ0v) is 29.6. The maximum absolute atomic E-state index is 11.6. The van der Waals surface area contributed by atoms with Gasteiger partial charge in [0, 0.05) is 75.4 Å². The fourth-order valence-electron chi connectivity index (χ4n) is 5.93. The zero-order valence-electron chi connectivity index (χ0n) is 28.8. The molecule has 4 aromatic carbocycles. The van der Waals surface area contributed by atoms with Crippen LogP contribution in [0.15, 0.2) is 84.9 Å². The van der Waals surface area contributed by atoms with Crippen LogP contribution in [0.1, 0.15) is 56.8 Å². The highest BCUT2D eigenvalue weighted by Gasteiger charge is 2.21. The van der Waals surface area contributed by atoms with E-state index in [1.54, 1.807) is 19.2 Å². The highest BCUT2D eigenvalue weighted by atomic mass is 35.5. The fraction of sp³-hybridized carbons (Fsp3) is 0.263. The lowest BCUT2D eigenvalue weighted by molar-refractivity contribution is -0.115. The smallest absolute Gasteiger partial charge is 0.335 e. The number of nitrogens with two attached hydrogens (primary N) is 1. The summed E-state index contributed by atoms with van der Waals surface area (Å²) < 4.78 is 0. The molecule has 0 spiro atoms. The molecule has 2 heterocycles. The molecule has 2 aliphatic rings. The number of carboxylic acid groups (broad SMARTS) is 1. The van der Waals surface area contributed by atoms with Gasteiger partial charge in [-0.15, -0.1) is 12.4 Å². The standard InChI is InChI=1S/C19H21N3O2.C18H18N2O3.CH5N.ClH/c1-13(23)21-17-7-8-18-16(11-17)9-10-22(18)12-14-3-5-15(6-4-14)19(24)20-2;1-12(21)19-16-6-7-17-15(10-16)8-9-20(17)11-13-2-4-14(5-3-13)18(22)23;1-2;/h3-8,11H,9-10,12H2,1-2H3,(H,20,24)(H,21,23);2-7,10H,8-9,11H2,1H3,(H,19,21)(H,22,23);2H2,1H3;1H. The number of carboxylic acids is 1. The summed E-state index contributed by atoms with van der Waals surface area (Å²) in [6.45, 7) is 6.44. The lowest BCUT2D eigenvalue weighted by atomic mass is 10.1. The van der Waals surface area contributed by atoms with Crippen LogP contribution in [0.25, 0.3) is 0 Å². The number of aromatic carboxylic acids is 1. The first kappa shape index (κ1) is 39.1. The summed E-state index contributed by atoms with van der Waals surface area (Å²) in [5, 5.41) is 17.2. The number of nitrogens with zero attached hydrogens (tertiary/aromatic N) is 2. The molecule has 2 aliphatic heterocycles. The molecule has 12 heteroatoms. The summed E-state index contributed by atoms with van der Waals surface area (Å²) in [6.07, 6.45) is 1.91. The number of carbonyl (C=O) groups is 4. The lowest BCUT2D eigenvalue weighted by Crippen LogP contribution is -2.20. The fourth-order valence-corrected chi connectivity index (χ4v) is 5.93. The molecule has 50 heavy (non-hydrogen) atoms. The van der Waals surface area contributed by atoms with Gasteiger partial charge in [-0.1, -0.05) is 24.3 Å². The number of rotatable bonds is 8. The van der Waals surface area contributed by atoms with Gasteiger partial charge in [0.1, 0.15) is 0 Å². The van der Waals surface area contributed by atoms with Gasteiger partial charge in [-0.2, -0.15) is 0 Å². The van der Waals surface area contributed by atoms with E-state index in [9.17, 15) is 19.2 Å². The Morgan fingerprint density at radius 3 is 1.42 bits per heavy atom. The first-order valence-corrected chi connectivity index (χ1v) is 16.1. The number of halogens is 1. The minimum Gasteiger partial charge on any atom is -0.478 e. The molecule has 4 aromatic rings. The van der Waals surface area contributed by atoms with Crippen LogP contribution in [0.2, 0.25) is 0 Å². The lowest BCUT2D eigenvalue weighted by Gasteiger charge is -2.20. The molecule has 0 aliphatic carbocycles. The number of carbonyl (C=O) groups excluding carboxylic acids is 3. The third-order valence-corrected chi connectivity index (χ3v) is 8.17. The number of nitrogens with one attached hydrogen (secondary N) is 3. The van der Waals surface area contributed by atoms with E-state index in [4.69, 9.17) is 5.11 Å². The molecule has 264 valence electrons. The SMILES string of the molecule is CC(=O)Nc1ccc2c(c1)CCN2Cc1ccc(C(=O)O)cc1.CN.CNC(=O)c1ccc(CN2CCc3cc(NC(C)=O)ccc32)cc1.Cl. The number of hydrogen-bond acceptors (Lipinski definition) is 7. The van der Waals surface area contributed by atoms with Gasteiger partial charge >= 0.3 is 5.97 Å². The van der Waals surface area contributed by atoms with Crippen molar-refractivity contribution in [3.05, 3.63) is 118 Å². The van der Waals surface area contributed by atoms with Gasteiger partial charge in [0.15, 0.2) is 0 Å². The summed E-state index contributed by atoms with van der Waals surface area (Å²) in [6, 6.07) is 26.7. The van der Waals surface area contributed by atoms with E-state index < -0.39 is 5.97 Å². The molecule has 0 saturated carbocycles. The minimum absolute atomic E-state index is 0. The van der Waals surface area contributed by atoms with Crippen LogP contribution in [0, 0.1) is 0 Å². The van der Waals surface area contributed by atoms with Crippen LogP contribution in [0.3, 0.4) is 0 Å². The van der Waals surface area contributed by atoms with Crippen molar-refractivity contribution in [3.8, 4) is 0 Å². The van der Waals surface area contributed by atoms with Crippen LogP contribution in [0.5, 0.6) is 0 Å². The predicted octanol–water partition coefficient (Wildman–Crippen LogP) is 5.47. The second-order valence-corrected chi connectivity index (χ2v) is 11.7. The Hall–Kier alpha value is -5.39. The molecule has 3 amide bonds. The number of fused-ring (bicyclic) bond motifs is 2. The van der Waals surface area contributed by atoms with Crippen molar-refractivity contribution in [3.63, 3.8) is 0 Å². The van der Waals surface area contributed by atoms with Crippen molar-refractivity contribution in [2.75, 3.05) is 47.6 Å². The van der Waals surface area contributed by atoms with Crippen molar-refractivity contribution in [2.45, 2.75) is 39.8 Å². The molecular weight excluding hydrogens is 656 g/mol. The van der Waals surface area contributed by atoms with Crippen molar-refractivity contribution < 1.29 is 24.3 Å². The second kappa shape index (κ2) is 18.4. The molecular formula is C38H45ClN6O5. The number of benzene rings is 4. The number of anilines is 4. The van der Waals surface area contributed by atoms with Gasteiger partial charge < -0.3 is 36.6 Å². The molecule has 11 nitrogen and oxygen atoms in total. The Morgan fingerprint density at radius 1 is 0.660 bits per heavy atom. The molecule has 0 atom stereocenters. The number of hydrogen-bond donors (Lipinski definition) is 5. The average molecular weight is 701 g/mol. The average Bonchev–Trinajstić information content (AvgIpc) is 3.68. The Labute approximate surface area is 299 Å². The van der Waals surface area contributed by atoms with Gasteiger partial charge in [0.2, 0.25) is 11.8 Å². The van der Waals surface area contributed by atoms with Crippen molar-refractivity contribution in [1.29, 1.82) is 0 Å². The van der Waals surface area contributed by atoms with Crippen molar-refractivity contribution in [2.24, 2.45) is 5.73 Å². The van der Waals surface area contributed by atoms with E-state index in [-0.39, 0.29) is 30.1 Å². The molecule has 0 saturated heterocycles. The Bertz CT molecular complexity index is 1800. The largest absolute Gasteiger partial charge is 0.478 e. The molecule has 0 unspecified atom stereocenters. The Kier molecular flexibility index (Phi) is 14.4. The molecule has 6 rings (SSSR count). The third kappa shape index (κ3) is 10.3. The van der Waals surface area contributed by atoms with Gasteiger partial charge in [0.25, 0.3) is 5.91 Å². The van der Waals surface area contributed by atoms with Gasteiger partial charge in [-0.3, -0.25) is 14.4 Å². The minimum atomic E-state index is -0.909. The van der Waals surface area contributed by atoms with E-state index in [0.29, 0.717) is 11.1 Å². The first-order valence-electron chi connectivity index (χ1n) is 16.1. The first-order chi connectivity index (χ1) is 23.6. The molecule has 0 bridgehead atoms. The summed E-state index contributed by atoms with van der Waals surface area (Å²) in [5.41, 5.74) is 14.2. The van der Waals surface area contributed by atoms with Gasteiger partial charge in [-0.05, 0) is 103 Å².